The predicted molar refractivity (Wildman–Crippen MR) is 50.6 cm³/mol. The summed E-state index contributed by atoms with van der Waals surface area (Å²) in [6.45, 7) is 4.29. The second-order valence-electron chi connectivity index (χ2n) is 3.80. The minimum absolute atomic E-state index is 0.955. The van der Waals surface area contributed by atoms with Gasteiger partial charge in [-0.15, -0.1) is 0 Å². The lowest BCUT2D eigenvalue weighted by Gasteiger charge is -2.14. The molecule has 0 aliphatic carbocycles. The van der Waals surface area contributed by atoms with Crippen molar-refractivity contribution in [2.45, 2.75) is 25.9 Å². The fraction of sp³-hybridized carbons (Fsp3) is 0.667. The van der Waals surface area contributed by atoms with E-state index in [4.69, 9.17) is 0 Å². The molecule has 0 aromatic carbocycles. The Morgan fingerprint density at radius 3 is 2.85 bits per heavy atom. The summed E-state index contributed by atoms with van der Waals surface area (Å²) in [4.78, 5) is 2.39. The van der Waals surface area contributed by atoms with Gasteiger partial charge in [0.2, 0.25) is 0 Å². The van der Waals surface area contributed by atoms with E-state index in [9.17, 15) is 0 Å². The molecule has 0 unspecified atom stereocenters. The number of aromatic nitrogens is 2. The van der Waals surface area contributed by atoms with Gasteiger partial charge < -0.3 is 10.2 Å². The van der Waals surface area contributed by atoms with Gasteiger partial charge in [0.05, 0.1) is 5.69 Å². The summed E-state index contributed by atoms with van der Waals surface area (Å²) < 4.78 is 0. The quantitative estimate of drug-likeness (QED) is 0.662. The maximum atomic E-state index is 4.38. The number of nitrogens with zero attached hydrogens (tertiary/aromatic N) is 2. The molecule has 4 nitrogen and oxygen atoms in total. The van der Waals surface area contributed by atoms with Crippen molar-refractivity contribution in [3.05, 3.63) is 11.3 Å². The van der Waals surface area contributed by atoms with Gasteiger partial charge in [-0.1, -0.05) is 0 Å². The second-order valence-corrected chi connectivity index (χ2v) is 3.80. The zero-order chi connectivity index (χ0) is 8.67. The SMILES string of the molecule is C1CCN(c2n[nH]c3c2CNC3)C1. The Bertz CT molecular complexity index is 311. The van der Waals surface area contributed by atoms with Crippen LogP contribution in [0.3, 0.4) is 0 Å². The summed E-state index contributed by atoms with van der Waals surface area (Å²) in [7, 11) is 0. The standard InChI is InChI=1S/C9H14N4/c1-2-4-13(3-1)9-7-5-10-6-8(7)11-12-9/h10H,1-6H2,(H,11,12). The van der Waals surface area contributed by atoms with Crippen LogP contribution >= 0.6 is 0 Å². The van der Waals surface area contributed by atoms with Crippen molar-refractivity contribution in [1.82, 2.24) is 15.5 Å². The van der Waals surface area contributed by atoms with Gasteiger partial charge in [-0.2, -0.15) is 5.10 Å². The zero-order valence-electron chi connectivity index (χ0n) is 7.64. The van der Waals surface area contributed by atoms with E-state index < -0.39 is 0 Å². The van der Waals surface area contributed by atoms with Crippen molar-refractivity contribution in [3.8, 4) is 0 Å². The van der Waals surface area contributed by atoms with E-state index in [1.807, 2.05) is 0 Å². The number of hydrogen-bond donors (Lipinski definition) is 2. The second kappa shape index (κ2) is 2.73. The van der Waals surface area contributed by atoms with Crippen molar-refractivity contribution < 1.29 is 0 Å². The molecule has 1 saturated heterocycles. The van der Waals surface area contributed by atoms with Crippen LogP contribution in [0.2, 0.25) is 0 Å². The van der Waals surface area contributed by atoms with Gasteiger partial charge >= 0.3 is 0 Å². The number of fused-ring (bicyclic) bond motifs is 1. The van der Waals surface area contributed by atoms with E-state index in [1.54, 1.807) is 0 Å². The maximum Gasteiger partial charge on any atom is 0.155 e. The van der Waals surface area contributed by atoms with Crippen LogP contribution in [0.4, 0.5) is 5.82 Å². The first kappa shape index (κ1) is 7.38. The molecule has 2 N–H and O–H groups in total. The molecular formula is C9H14N4. The van der Waals surface area contributed by atoms with Crippen molar-refractivity contribution in [1.29, 1.82) is 0 Å². The van der Waals surface area contributed by atoms with E-state index in [0.29, 0.717) is 0 Å². The van der Waals surface area contributed by atoms with E-state index in [1.165, 1.54) is 43.0 Å². The molecule has 70 valence electrons. The van der Waals surface area contributed by atoms with E-state index in [0.717, 1.165) is 13.1 Å². The zero-order valence-corrected chi connectivity index (χ0v) is 7.64. The third kappa shape index (κ3) is 1.05. The molecule has 0 amide bonds. The average Bonchev–Trinajstić information content (AvgIpc) is 2.79. The Morgan fingerprint density at radius 1 is 1.15 bits per heavy atom. The molecule has 3 rings (SSSR count). The number of H-pyrrole nitrogens is 1. The van der Waals surface area contributed by atoms with Crippen LogP contribution in [0, 0.1) is 0 Å². The third-order valence-electron chi connectivity index (χ3n) is 2.94. The number of rotatable bonds is 1. The summed E-state index contributed by atoms with van der Waals surface area (Å²) in [5.74, 6) is 1.19. The molecule has 1 aromatic heterocycles. The minimum Gasteiger partial charge on any atom is -0.355 e. The molecule has 13 heavy (non-hydrogen) atoms. The van der Waals surface area contributed by atoms with Crippen LogP contribution in [0.25, 0.3) is 0 Å². The summed E-state index contributed by atoms with van der Waals surface area (Å²) >= 11 is 0. The first-order chi connectivity index (χ1) is 6.45. The normalized spacial score (nSPS) is 21.1. The Balaban J connectivity index is 1.95. The van der Waals surface area contributed by atoms with Crippen LogP contribution in [-0.2, 0) is 13.1 Å². The monoisotopic (exact) mass is 178 g/mol. The van der Waals surface area contributed by atoms with Crippen LogP contribution in [0.15, 0.2) is 0 Å². The lowest BCUT2D eigenvalue weighted by molar-refractivity contribution is 0.737. The highest BCUT2D eigenvalue weighted by Gasteiger charge is 2.23. The third-order valence-corrected chi connectivity index (χ3v) is 2.94. The molecule has 0 radical (unpaired) electrons. The lowest BCUT2D eigenvalue weighted by atomic mass is 10.2. The highest BCUT2D eigenvalue weighted by molar-refractivity contribution is 5.51. The fourth-order valence-electron chi connectivity index (χ4n) is 2.23. The molecule has 4 heteroatoms. The van der Waals surface area contributed by atoms with Gasteiger partial charge in [0.25, 0.3) is 0 Å². The fourth-order valence-corrected chi connectivity index (χ4v) is 2.23. The van der Waals surface area contributed by atoms with Gasteiger partial charge in [-0.25, -0.2) is 0 Å². The Morgan fingerprint density at radius 2 is 2.00 bits per heavy atom. The minimum atomic E-state index is 0.955. The number of anilines is 1. The molecule has 3 heterocycles. The topological polar surface area (TPSA) is 44.0 Å². The van der Waals surface area contributed by atoms with Crippen molar-refractivity contribution >= 4 is 5.82 Å². The summed E-state index contributed by atoms with van der Waals surface area (Å²) in [5, 5.41) is 10.8. The molecular weight excluding hydrogens is 164 g/mol. The molecule has 0 bridgehead atoms. The molecule has 0 saturated carbocycles. The first-order valence-electron chi connectivity index (χ1n) is 4.97. The highest BCUT2D eigenvalue weighted by atomic mass is 15.3. The van der Waals surface area contributed by atoms with Gasteiger partial charge in [0.1, 0.15) is 0 Å². The molecule has 0 atom stereocenters. The maximum absolute atomic E-state index is 4.38. The Hall–Kier alpha value is -1.03. The van der Waals surface area contributed by atoms with E-state index in [-0.39, 0.29) is 0 Å². The number of hydrogen-bond acceptors (Lipinski definition) is 3. The van der Waals surface area contributed by atoms with Crippen molar-refractivity contribution in [2.75, 3.05) is 18.0 Å². The van der Waals surface area contributed by atoms with Crippen molar-refractivity contribution in [3.63, 3.8) is 0 Å². The van der Waals surface area contributed by atoms with Crippen molar-refractivity contribution in [2.24, 2.45) is 0 Å². The van der Waals surface area contributed by atoms with Gasteiger partial charge in [-0.3, -0.25) is 5.10 Å². The summed E-state index contributed by atoms with van der Waals surface area (Å²) in [5.41, 5.74) is 2.67. The predicted octanol–water partition coefficient (Wildman–Crippen LogP) is 0.613. The van der Waals surface area contributed by atoms with Gasteiger partial charge in [0.15, 0.2) is 5.82 Å². The van der Waals surface area contributed by atoms with Crippen LogP contribution in [-0.4, -0.2) is 23.3 Å². The number of aromatic amines is 1. The molecule has 1 fully saturated rings. The van der Waals surface area contributed by atoms with Gasteiger partial charge in [0, 0.05) is 31.7 Å². The van der Waals surface area contributed by atoms with Gasteiger partial charge in [-0.05, 0) is 12.8 Å². The largest absolute Gasteiger partial charge is 0.355 e. The smallest absolute Gasteiger partial charge is 0.155 e. The average molecular weight is 178 g/mol. The molecule has 0 spiro atoms. The van der Waals surface area contributed by atoms with E-state index in [2.05, 4.69) is 20.4 Å². The Labute approximate surface area is 77.3 Å². The van der Waals surface area contributed by atoms with Crippen LogP contribution < -0.4 is 10.2 Å². The lowest BCUT2D eigenvalue weighted by Crippen LogP contribution is -2.19. The molecule has 2 aliphatic rings. The number of nitrogens with one attached hydrogen (secondary N) is 2. The summed E-state index contributed by atoms with van der Waals surface area (Å²) in [6, 6.07) is 0. The van der Waals surface area contributed by atoms with Crippen LogP contribution in [0.1, 0.15) is 24.1 Å². The highest BCUT2D eigenvalue weighted by Crippen LogP contribution is 2.26. The summed E-state index contributed by atoms with van der Waals surface area (Å²) in [6.07, 6.45) is 2.63. The Kier molecular flexibility index (Phi) is 1.55. The first-order valence-corrected chi connectivity index (χ1v) is 4.97. The molecule has 1 aromatic rings. The van der Waals surface area contributed by atoms with Crippen LogP contribution in [0.5, 0.6) is 0 Å². The molecule has 2 aliphatic heterocycles. The van der Waals surface area contributed by atoms with E-state index >= 15 is 0 Å².